The van der Waals surface area contributed by atoms with Crippen LogP contribution >= 0.6 is 0 Å². The van der Waals surface area contributed by atoms with Crippen LogP contribution in [0.4, 0.5) is 8.78 Å². The standard InChI is InChI=1S/C17H18F2N2O/c1-2-21-14-6-4-3-5-12(14)13-9-11(7-8-15(13)21)16(20)17(18,19)10-22/h3-9,16,22H,2,10,20H2,1H3/t16-/m1/s1. The molecule has 3 rings (SSSR count). The summed E-state index contributed by atoms with van der Waals surface area (Å²) in [4.78, 5) is 0. The van der Waals surface area contributed by atoms with Gasteiger partial charge in [0.1, 0.15) is 6.61 Å². The molecule has 0 saturated heterocycles. The van der Waals surface area contributed by atoms with E-state index in [4.69, 9.17) is 10.8 Å². The third-order valence-electron chi connectivity index (χ3n) is 4.14. The fourth-order valence-electron chi connectivity index (χ4n) is 2.95. The molecule has 3 nitrogen and oxygen atoms in total. The summed E-state index contributed by atoms with van der Waals surface area (Å²) in [5.41, 5.74) is 8.03. The van der Waals surface area contributed by atoms with E-state index in [-0.39, 0.29) is 0 Å². The number of halogens is 2. The largest absolute Gasteiger partial charge is 0.390 e. The molecule has 1 aromatic heterocycles. The number of aryl methyl sites for hydroxylation is 1. The number of fused-ring (bicyclic) bond motifs is 3. The molecule has 1 atom stereocenters. The molecule has 0 spiro atoms. The number of benzene rings is 2. The van der Waals surface area contributed by atoms with Gasteiger partial charge in [-0.3, -0.25) is 0 Å². The summed E-state index contributed by atoms with van der Waals surface area (Å²) in [6, 6.07) is 11.5. The number of nitrogens with zero attached hydrogens (tertiary/aromatic N) is 1. The Labute approximate surface area is 127 Å². The first-order valence-corrected chi connectivity index (χ1v) is 7.24. The molecule has 0 amide bonds. The molecular formula is C17H18F2N2O. The van der Waals surface area contributed by atoms with Crippen LogP contribution in [-0.4, -0.2) is 22.2 Å². The Hall–Kier alpha value is -1.98. The van der Waals surface area contributed by atoms with Gasteiger partial charge in [-0.1, -0.05) is 24.3 Å². The van der Waals surface area contributed by atoms with E-state index in [1.54, 1.807) is 12.1 Å². The van der Waals surface area contributed by atoms with Gasteiger partial charge in [0.15, 0.2) is 0 Å². The van der Waals surface area contributed by atoms with Crippen LogP contribution in [0.5, 0.6) is 0 Å². The molecule has 22 heavy (non-hydrogen) atoms. The number of nitrogens with two attached hydrogens (primary N) is 1. The van der Waals surface area contributed by atoms with E-state index in [2.05, 4.69) is 4.57 Å². The maximum Gasteiger partial charge on any atom is 0.289 e. The number of para-hydroxylation sites is 1. The summed E-state index contributed by atoms with van der Waals surface area (Å²) in [5.74, 6) is -3.34. The van der Waals surface area contributed by atoms with Gasteiger partial charge < -0.3 is 15.4 Å². The Morgan fingerprint density at radius 2 is 1.82 bits per heavy atom. The van der Waals surface area contributed by atoms with Gasteiger partial charge in [0.25, 0.3) is 5.92 Å². The lowest BCUT2D eigenvalue weighted by Gasteiger charge is -2.21. The van der Waals surface area contributed by atoms with E-state index in [0.29, 0.717) is 5.56 Å². The van der Waals surface area contributed by atoms with Crippen molar-refractivity contribution in [2.45, 2.75) is 25.4 Å². The van der Waals surface area contributed by atoms with Gasteiger partial charge in [-0.25, -0.2) is 8.78 Å². The molecule has 0 bridgehead atoms. The van der Waals surface area contributed by atoms with Gasteiger partial charge >= 0.3 is 0 Å². The van der Waals surface area contributed by atoms with E-state index in [1.165, 1.54) is 0 Å². The van der Waals surface area contributed by atoms with Gasteiger partial charge in [-0.05, 0) is 30.7 Å². The maximum absolute atomic E-state index is 13.6. The highest BCUT2D eigenvalue weighted by atomic mass is 19.3. The minimum atomic E-state index is -3.34. The van der Waals surface area contributed by atoms with Crippen molar-refractivity contribution in [2.75, 3.05) is 6.61 Å². The lowest BCUT2D eigenvalue weighted by molar-refractivity contribution is -0.0711. The number of aromatic nitrogens is 1. The van der Waals surface area contributed by atoms with Crippen molar-refractivity contribution in [3.63, 3.8) is 0 Å². The normalized spacial score (nSPS) is 13.9. The van der Waals surface area contributed by atoms with Crippen molar-refractivity contribution in [3.05, 3.63) is 48.0 Å². The summed E-state index contributed by atoms with van der Waals surface area (Å²) in [6.07, 6.45) is 0. The smallest absolute Gasteiger partial charge is 0.289 e. The molecule has 2 aromatic carbocycles. The van der Waals surface area contributed by atoms with E-state index < -0.39 is 18.6 Å². The van der Waals surface area contributed by atoms with E-state index in [0.717, 1.165) is 28.4 Å². The van der Waals surface area contributed by atoms with E-state index in [9.17, 15) is 8.78 Å². The molecule has 3 N–H and O–H groups in total. The predicted molar refractivity (Wildman–Crippen MR) is 84.1 cm³/mol. The molecule has 0 radical (unpaired) electrons. The van der Waals surface area contributed by atoms with Crippen LogP contribution in [0.25, 0.3) is 21.8 Å². The zero-order chi connectivity index (χ0) is 15.9. The fraction of sp³-hybridized carbons (Fsp3) is 0.294. The number of aliphatic hydroxyl groups is 1. The highest BCUT2D eigenvalue weighted by Gasteiger charge is 2.37. The minimum Gasteiger partial charge on any atom is -0.390 e. The topological polar surface area (TPSA) is 51.2 Å². The molecule has 0 saturated carbocycles. The Kier molecular flexibility index (Phi) is 3.62. The monoisotopic (exact) mass is 304 g/mol. The molecule has 116 valence electrons. The summed E-state index contributed by atoms with van der Waals surface area (Å²) < 4.78 is 29.4. The third kappa shape index (κ3) is 2.17. The van der Waals surface area contributed by atoms with Crippen molar-refractivity contribution in [3.8, 4) is 0 Å². The molecule has 5 heteroatoms. The van der Waals surface area contributed by atoms with Crippen molar-refractivity contribution >= 4 is 21.8 Å². The van der Waals surface area contributed by atoms with Gasteiger partial charge in [-0.2, -0.15) is 0 Å². The first-order chi connectivity index (χ1) is 10.5. The maximum atomic E-state index is 13.6. The zero-order valence-corrected chi connectivity index (χ0v) is 12.3. The number of rotatable bonds is 4. The third-order valence-corrected chi connectivity index (χ3v) is 4.14. The summed E-state index contributed by atoms with van der Waals surface area (Å²) in [7, 11) is 0. The highest BCUT2D eigenvalue weighted by Crippen LogP contribution is 2.34. The molecule has 0 aliphatic heterocycles. The van der Waals surface area contributed by atoms with Crippen molar-refractivity contribution < 1.29 is 13.9 Å². The Bertz CT molecular complexity index is 826. The molecule has 0 fully saturated rings. The number of alkyl halides is 2. The lowest BCUT2D eigenvalue weighted by atomic mass is 9.99. The quantitative estimate of drug-likeness (QED) is 0.776. The first-order valence-electron chi connectivity index (χ1n) is 7.24. The lowest BCUT2D eigenvalue weighted by Crippen LogP contribution is -2.36. The van der Waals surface area contributed by atoms with Gasteiger partial charge in [-0.15, -0.1) is 0 Å². The second-order valence-corrected chi connectivity index (χ2v) is 5.43. The Balaban J connectivity index is 2.24. The molecular weight excluding hydrogens is 286 g/mol. The van der Waals surface area contributed by atoms with Gasteiger partial charge in [0.2, 0.25) is 0 Å². The van der Waals surface area contributed by atoms with Crippen LogP contribution in [0.15, 0.2) is 42.5 Å². The Morgan fingerprint density at radius 3 is 2.50 bits per heavy atom. The van der Waals surface area contributed by atoms with Gasteiger partial charge in [0, 0.05) is 28.4 Å². The molecule has 0 aliphatic rings. The Morgan fingerprint density at radius 1 is 1.14 bits per heavy atom. The summed E-state index contributed by atoms with van der Waals surface area (Å²) >= 11 is 0. The SMILES string of the molecule is CCn1c2ccccc2c2cc([C@@H](N)C(F)(F)CO)ccc21. The second-order valence-electron chi connectivity index (χ2n) is 5.43. The predicted octanol–water partition coefficient (Wildman–Crippen LogP) is 3.44. The summed E-state index contributed by atoms with van der Waals surface area (Å²) in [6.45, 7) is 1.58. The average Bonchev–Trinajstić information content (AvgIpc) is 2.87. The number of hydrogen-bond acceptors (Lipinski definition) is 2. The first kappa shape index (κ1) is 14.9. The molecule has 3 aromatic rings. The van der Waals surface area contributed by atoms with Crippen LogP contribution in [0.3, 0.4) is 0 Å². The van der Waals surface area contributed by atoms with Crippen LogP contribution in [0.1, 0.15) is 18.5 Å². The minimum absolute atomic E-state index is 0.325. The summed E-state index contributed by atoms with van der Waals surface area (Å²) in [5, 5.41) is 10.7. The van der Waals surface area contributed by atoms with Crippen LogP contribution in [0.2, 0.25) is 0 Å². The van der Waals surface area contributed by atoms with Crippen LogP contribution < -0.4 is 5.73 Å². The average molecular weight is 304 g/mol. The highest BCUT2D eigenvalue weighted by molar-refractivity contribution is 6.08. The van der Waals surface area contributed by atoms with Crippen LogP contribution in [-0.2, 0) is 6.54 Å². The van der Waals surface area contributed by atoms with E-state index in [1.807, 2.05) is 37.3 Å². The fourth-order valence-corrected chi connectivity index (χ4v) is 2.95. The van der Waals surface area contributed by atoms with Crippen LogP contribution in [0, 0.1) is 0 Å². The van der Waals surface area contributed by atoms with E-state index >= 15 is 0 Å². The molecule has 0 unspecified atom stereocenters. The molecule has 1 heterocycles. The van der Waals surface area contributed by atoms with Crippen molar-refractivity contribution in [1.29, 1.82) is 0 Å². The van der Waals surface area contributed by atoms with Crippen molar-refractivity contribution in [1.82, 2.24) is 4.57 Å². The van der Waals surface area contributed by atoms with Gasteiger partial charge in [0.05, 0.1) is 6.04 Å². The number of hydrogen-bond donors (Lipinski definition) is 2. The zero-order valence-electron chi connectivity index (χ0n) is 12.3. The molecule has 0 aliphatic carbocycles. The number of aliphatic hydroxyl groups excluding tert-OH is 1. The second kappa shape index (κ2) is 5.34. The van der Waals surface area contributed by atoms with Crippen molar-refractivity contribution in [2.24, 2.45) is 5.73 Å².